The van der Waals surface area contributed by atoms with Crippen molar-refractivity contribution < 1.29 is 9.46 Å². The van der Waals surface area contributed by atoms with Crippen molar-refractivity contribution in [3.8, 4) is 0 Å². The molecule has 0 saturated carbocycles. The quantitative estimate of drug-likeness (QED) is 0.490. The van der Waals surface area contributed by atoms with Gasteiger partial charge < -0.3 is 0 Å². The van der Waals surface area contributed by atoms with E-state index in [0.717, 1.165) is 0 Å². The molecule has 0 aromatic rings. The van der Waals surface area contributed by atoms with E-state index in [0.29, 0.717) is 6.42 Å². The van der Waals surface area contributed by atoms with Gasteiger partial charge in [-0.1, -0.05) is 12.2 Å². The Hall–Kier alpha value is -0.200. The van der Waals surface area contributed by atoms with Crippen LogP contribution in [0.2, 0.25) is 0 Å². The van der Waals surface area contributed by atoms with Crippen molar-refractivity contribution in [1.29, 1.82) is 0 Å². The van der Waals surface area contributed by atoms with Crippen LogP contribution in [0, 0.1) is 0 Å². The van der Waals surface area contributed by atoms with Crippen molar-refractivity contribution >= 4 is 8.03 Å². The van der Waals surface area contributed by atoms with Gasteiger partial charge in [-0.25, -0.2) is 0 Å². The predicted octanol–water partition coefficient (Wildman–Crippen LogP) is 2.08. The van der Waals surface area contributed by atoms with Crippen molar-refractivity contribution in [2.45, 2.75) is 25.9 Å². The van der Waals surface area contributed by atoms with Crippen LogP contribution < -0.4 is 0 Å². The first-order chi connectivity index (χ1) is 4.18. The maximum atomic E-state index is 10.3. The molecule has 0 radical (unpaired) electrons. The van der Waals surface area contributed by atoms with Gasteiger partial charge in [0.1, 0.15) is 0 Å². The SMILES string of the molecule is CC=CCC(C)[P+](=O)O. The van der Waals surface area contributed by atoms with Gasteiger partial charge in [-0.2, -0.15) is 4.89 Å². The first-order valence-electron chi connectivity index (χ1n) is 2.95. The fourth-order valence-corrected chi connectivity index (χ4v) is 0.725. The molecule has 0 aromatic heterocycles. The molecule has 0 bridgehead atoms. The molecule has 0 rings (SSSR count). The molecule has 0 spiro atoms. The average molecular weight is 147 g/mol. The summed E-state index contributed by atoms with van der Waals surface area (Å²) in [5.74, 6) is 0. The molecule has 3 heteroatoms. The fraction of sp³-hybridized carbons (Fsp3) is 0.667. The second kappa shape index (κ2) is 4.66. The van der Waals surface area contributed by atoms with Crippen molar-refractivity contribution in [3.63, 3.8) is 0 Å². The number of hydrogen-bond acceptors (Lipinski definition) is 1. The lowest BCUT2D eigenvalue weighted by Gasteiger charge is -1.87. The first-order valence-corrected chi connectivity index (χ1v) is 4.23. The highest BCUT2D eigenvalue weighted by Gasteiger charge is 2.20. The van der Waals surface area contributed by atoms with E-state index in [-0.39, 0.29) is 5.66 Å². The van der Waals surface area contributed by atoms with E-state index in [4.69, 9.17) is 4.89 Å². The molecule has 2 unspecified atom stereocenters. The normalized spacial score (nSPS) is 16.1. The Morgan fingerprint density at radius 2 is 2.33 bits per heavy atom. The highest BCUT2D eigenvalue weighted by atomic mass is 31.1. The Labute approximate surface area is 56.5 Å². The van der Waals surface area contributed by atoms with Crippen LogP contribution in [0.25, 0.3) is 0 Å². The number of allylic oxidation sites excluding steroid dienone is 2. The van der Waals surface area contributed by atoms with E-state index in [9.17, 15) is 4.57 Å². The lowest BCUT2D eigenvalue weighted by atomic mass is 10.3. The van der Waals surface area contributed by atoms with Crippen LogP contribution in [0.4, 0.5) is 0 Å². The Kier molecular flexibility index (Phi) is 4.55. The van der Waals surface area contributed by atoms with E-state index in [1.165, 1.54) is 0 Å². The van der Waals surface area contributed by atoms with Gasteiger partial charge >= 0.3 is 8.03 Å². The zero-order valence-corrected chi connectivity index (χ0v) is 6.64. The summed E-state index contributed by atoms with van der Waals surface area (Å²) >= 11 is 0. The molecule has 0 aliphatic heterocycles. The molecule has 1 N–H and O–H groups in total. The summed E-state index contributed by atoms with van der Waals surface area (Å²) in [6.07, 6.45) is 4.48. The van der Waals surface area contributed by atoms with Crippen molar-refractivity contribution in [2.24, 2.45) is 0 Å². The minimum absolute atomic E-state index is 0.101. The summed E-state index contributed by atoms with van der Waals surface area (Å²) in [6.45, 7) is 3.66. The van der Waals surface area contributed by atoms with Crippen molar-refractivity contribution in [1.82, 2.24) is 0 Å². The standard InChI is InChI=1S/C6H11O2P/c1-3-4-5-6(2)9(7)8/h3-4,6H,5H2,1-2H3/p+1. The fourth-order valence-electron chi connectivity index (χ4n) is 0.423. The lowest BCUT2D eigenvalue weighted by Crippen LogP contribution is -1.90. The number of rotatable bonds is 3. The molecule has 9 heavy (non-hydrogen) atoms. The van der Waals surface area contributed by atoms with Gasteiger partial charge in [-0.15, -0.1) is 0 Å². The zero-order valence-electron chi connectivity index (χ0n) is 5.74. The lowest BCUT2D eigenvalue weighted by molar-refractivity contribution is 0.492. The zero-order chi connectivity index (χ0) is 7.28. The second-order valence-electron chi connectivity index (χ2n) is 1.96. The third-order valence-electron chi connectivity index (χ3n) is 1.09. The van der Waals surface area contributed by atoms with Crippen LogP contribution in [0.3, 0.4) is 0 Å². The molecule has 0 aliphatic carbocycles. The minimum Gasteiger partial charge on any atom is -0.161 e. The summed E-state index contributed by atoms with van der Waals surface area (Å²) in [5.41, 5.74) is -0.101. The van der Waals surface area contributed by atoms with Gasteiger partial charge in [0, 0.05) is 6.42 Å². The van der Waals surface area contributed by atoms with E-state index in [2.05, 4.69) is 0 Å². The largest absolute Gasteiger partial charge is 0.508 e. The molecule has 0 amide bonds. The summed E-state index contributed by atoms with van der Waals surface area (Å²) < 4.78 is 10.3. The third-order valence-corrected chi connectivity index (χ3v) is 2.05. The van der Waals surface area contributed by atoms with Gasteiger partial charge in [0.25, 0.3) is 0 Å². The molecule has 0 aliphatic rings. The Morgan fingerprint density at radius 3 is 2.67 bits per heavy atom. The molecule has 0 heterocycles. The Balaban J connectivity index is 3.50. The molecule has 0 saturated heterocycles. The smallest absolute Gasteiger partial charge is 0.161 e. The maximum absolute atomic E-state index is 10.3. The molecule has 2 nitrogen and oxygen atoms in total. The molecule has 0 fully saturated rings. The highest BCUT2D eigenvalue weighted by Crippen LogP contribution is 2.24. The molecular weight excluding hydrogens is 135 g/mol. The second-order valence-corrected chi connectivity index (χ2v) is 3.44. The average Bonchev–Trinajstić information content (AvgIpc) is 1.82. The van der Waals surface area contributed by atoms with Crippen LogP contribution in [0.5, 0.6) is 0 Å². The summed E-state index contributed by atoms with van der Waals surface area (Å²) in [6, 6.07) is 0. The summed E-state index contributed by atoms with van der Waals surface area (Å²) in [5, 5.41) is 0. The maximum Gasteiger partial charge on any atom is 0.508 e. The van der Waals surface area contributed by atoms with Crippen LogP contribution in [-0.2, 0) is 4.57 Å². The van der Waals surface area contributed by atoms with Crippen LogP contribution >= 0.6 is 8.03 Å². The minimum atomic E-state index is -1.97. The van der Waals surface area contributed by atoms with E-state index in [1.807, 2.05) is 19.1 Å². The Morgan fingerprint density at radius 1 is 1.78 bits per heavy atom. The topological polar surface area (TPSA) is 37.3 Å². The molecular formula is C6H12O2P+. The van der Waals surface area contributed by atoms with E-state index >= 15 is 0 Å². The summed E-state index contributed by atoms with van der Waals surface area (Å²) in [7, 11) is -1.97. The van der Waals surface area contributed by atoms with Crippen molar-refractivity contribution in [3.05, 3.63) is 12.2 Å². The number of hydrogen-bond donors (Lipinski definition) is 1. The van der Waals surface area contributed by atoms with E-state index in [1.54, 1.807) is 6.92 Å². The first kappa shape index (κ1) is 8.80. The van der Waals surface area contributed by atoms with Gasteiger partial charge in [-0.05, 0) is 18.4 Å². The predicted molar refractivity (Wildman–Crippen MR) is 38.7 cm³/mol. The van der Waals surface area contributed by atoms with E-state index < -0.39 is 8.03 Å². The van der Waals surface area contributed by atoms with Crippen molar-refractivity contribution in [2.75, 3.05) is 0 Å². The van der Waals surface area contributed by atoms with Gasteiger partial charge in [-0.3, -0.25) is 0 Å². The van der Waals surface area contributed by atoms with Crippen LogP contribution in [-0.4, -0.2) is 10.6 Å². The van der Waals surface area contributed by atoms with Gasteiger partial charge in [0.15, 0.2) is 5.66 Å². The molecule has 52 valence electrons. The summed E-state index contributed by atoms with van der Waals surface area (Å²) in [4.78, 5) is 8.52. The van der Waals surface area contributed by atoms with Gasteiger partial charge in [0.05, 0.1) is 0 Å². The molecule has 0 aromatic carbocycles. The third kappa shape index (κ3) is 4.31. The van der Waals surface area contributed by atoms with Gasteiger partial charge in [0.2, 0.25) is 0 Å². The van der Waals surface area contributed by atoms with Crippen LogP contribution in [0.15, 0.2) is 12.2 Å². The molecule has 2 atom stereocenters. The highest BCUT2D eigenvalue weighted by molar-refractivity contribution is 7.38. The Bertz CT molecular complexity index is 120. The monoisotopic (exact) mass is 147 g/mol. The van der Waals surface area contributed by atoms with Crippen LogP contribution in [0.1, 0.15) is 20.3 Å².